The second kappa shape index (κ2) is 7.29. The maximum absolute atomic E-state index is 5.72. The van der Waals surface area contributed by atoms with Gasteiger partial charge in [-0.3, -0.25) is 0 Å². The first-order valence-corrected chi connectivity index (χ1v) is 7.15. The zero-order valence-electron chi connectivity index (χ0n) is 11.4. The van der Waals surface area contributed by atoms with E-state index in [1.807, 2.05) is 0 Å². The Balaban J connectivity index is 2.36. The van der Waals surface area contributed by atoms with E-state index in [1.165, 1.54) is 45.2 Å². The van der Waals surface area contributed by atoms with Gasteiger partial charge in [0, 0.05) is 12.6 Å². The highest BCUT2D eigenvalue weighted by Crippen LogP contribution is 2.29. The summed E-state index contributed by atoms with van der Waals surface area (Å²) in [5, 5.41) is 0. The SMILES string of the molecule is CCC1CCC(N(CC)CC(C)CN)CC1. The van der Waals surface area contributed by atoms with Gasteiger partial charge in [0.1, 0.15) is 0 Å². The van der Waals surface area contributed by atoms with Crippen LogP contribution in [0.1, 0.15) is 52.9 Å². The van der Waals surface area contributed by atoms with E-state index in [2.05, 4.69) is 25.7 Å². The molecule has 1 aliphatic rings. The van der Waals surface area contributed by atoms with Crippen LogP contribution in [0.25, 0.3) is 0 Å². The lowest BCUT2D eigenvalue weighted by Gasteiger charge is -2.37. The molecule has 2 N–H and O–H groups in total. The summed E-state index contributed by atoms with van der Waals surface area (Å²) in [5.41, 5.74) is 5.72. The average molecular weight is 226 g/mol. The van der Waals surface area contributed by atoms with Crippen molar-refractivity contribution in [1.82, 2.24) is 4.90 Å². The van der Waals surface area contributed by atoms with Crippen LogP contribution in [0.15, 0.2) is 0 Å². The Kier molecular flexibility index (Phi) is 6.37. The Morgan fingerprint density at radius 3 is 2.25 bits per heavy atom. The molecule has 1 rings (SSSR count). The van der Waals surface area contributed by atoms with Crippen molar-refractivity contribution in [3.05, 3.63) is 0 Å². The number of hydrogen-bond acceptors (Lipinski definition) is 2. The van der Waals surface area contributed by atoms with Gasteiger partial charge in [0.05, 0.1) is 0 Å². The van der Waals surface area contributed by atoms with E-state index in [1.54, 1.807) is 0 Å². The van der Waals surface area contributed by atoms with Crippen molar-refractivity contribution >= 4 is 0 Å². The van der Waals surface area contributed by atoms with Gasteiger partial charge in [0.15, 0.2) is 0 Å². The molecule has 2 nitrogen and oxygen atoms in total. The fourth-order valence-corrected chi connectivity index (χ4v) is 2.93. The van der Waals surface area contributed by atoms with Crippen molar-refractivity contribution in [1.29, 1.82) is 0 Å². The summed E-state index contributed by atoms with van der Waals surface area (Å²) in [5.74, 6) is 1.64. The Hall–Kier alpha value is -0.0800. The molecule has 0 radical (unpaired) electrons. The van der Waals surface area contributed by atoms with Crippen LogP contribution in [0.4, 0.5) is 0 Å². The Bertz CT molecular complexity index is 174. The molecule has 0 aromatic carbocycles. The molecule has 2 heteroatoms. The average Bonchev–Trinajstić information content (AvgIpc) is 2.35. The summed E-state index contributed by atoms with van der Waals surface area (Å²) < 4.78 is 0. The highest BCUT2D eigenvalue weighted by Gasteiger charge is 2.24. The maximum atomic E-state index is 5.72. The van der Waals surface area contributed by atoms with Crippen LogP contribution in [0.5, 0.6) is 0 Å². The summed E-state index contributed by atoms with van der Waals surface area (Å²) in [6.45, 7) is 10.1. The molecule has 1 fully saturated rings. The molecule has 1 atom stereocenters. The van der Waals surface area contributed by atoms with Crippen LogP contribution in [0.3, 0.4) is 0 Å². The Labute approximate surface area is 102 Å². The molecule has 1 aliphatic carbocycles. The van der Waals surface area contributed by atoms with E-state index in [0.717, 1.165) is 18.5 Å². The predicted octanol–water partition coefficient (Wildman–Crippen LogP) is 2.87. The van der Waals surface area contributed by atoms with E-state index in [9.17, 15) is 0 Å². The minimum Gasteiger partial charge on any atom is -0.330 e. The normalized spacial score (nSPS) is 28.3. The van der Waals surface area contributed by atoms with Gasteiger partial charge in [-0.05, 0) is 50.6 Å². The monoisotopic (exact) mass is 226 g/mol. The van der Waals surface area contributed by atoms with Crippen LogP contribution in [-0.4, -0.2) is 30.6 Å². The summed E-state index contributed by atoms with van der Waals surface area (Å²) in [6.07, 6.45) is 7.06. The summed E-state index contributed by atoms with van der Waals surface area (Å²) in [4.78, 5) is 2.66. The molecule has 16 heavy (non-hydrogen) atoms. The molecule has 0 spiro atoms. The zero-order chi connectivity index (χ0) is 12.0. The predicted molar refractivity (Wildman–Crippen MR) is 71.5 cm³/mol. The highest BCUT2D eigenvalue weighted by molar-refractivity contribution is 4.79. The smallest absolute Gasteiger partial charge is 0.00954 e. The third-order valence-corrected chi connectivity index (χ3v) is 4.26. The summed E-state index contributed by atoms with van der Waals surface area (Å²) in [7, 11) is 0. The second-order valence-electron chi connectivity index (χ2n) is 5.51. The minimum absolute atomic E-state index is 0.642. The molecule has 0 heterocycles. The standard InChI is InChI=1S/C14H30N2/c1-4-13-6-8-14(9-7-13)16(5-2)11-12(3)10-15/h12-14H,4-11,15H2,1-3H3. The van der Waals surface area contributed by atoms with Crippen molar-refractivity contribution in [3.8, 4) is 0 Å². The third-order valence-electron chi connectivity index (χ3n) is 4.26. The quantitative estimate of drug-likeness (QED) is 0.754. The van der Waals surface area contributed by atoms with Crippen LogP contribution in [-0.2, 0) is 0 Å². The van der Waals surface area contributed by atoms with Crippen LogP contribution in [0.2, 0.25) is 0 Å². The number of nitrogens with two attached hydrogens (primary N) is 1. The fraction of sp³-hybridized carbons (Fsp3) is 1.00. The van der Waals surface area contributed by atoms with Crippen LogP contribution in [0, 0.1) is 11.8 Å². The Morgan fingerprint density at radius 1 is 1.19 bits per heavy atom. The van der Waals surface area contributed by atoms with Crippen LogP contribution < -0.4 is 5.73 Å². The maximum Gasteiger partial charge on any atom is 0.00954 e. The van der Waals surface area contributed by atoms with Crippen molar-refractivity contribution in [2.24, 2.45) is 17.6 Å². The van der Waals surface area contributed by atoms with Crippen LogP contribution >= 0.6 is 0 Å². The molecule has 1 unspecified atom stereocenters. The van der Waals surface area contributed by atoms with Gasteiger partial charge < -0.3 is 10.6 Å². The first kappa shape index (κ1) is 14.0. The molecular weight excluding hydrogens is 196 g/mol. The molecule has 1 saturated carbocycles. The van der Waals surface area contributed by atoms with Gasteiger partial charge in [-0.2, -0.15) is 0 Å². The van der Waals surface area contributed by atoms with Gasteiger partial charge in [-0.1, -0.05) is 27.2 Å². The van der Waals surface area contributed by atoms with Gasteiger partial charge in [-0.25, -0.2) is 0 Å². The molecule has 96 valence electrons. The van der Waals surface area contributed by atoms with E-state index in [0.29, 0.717) is 5.92 Å². The van der Waals surface area contributed by atoms with Gasteiger partial charge in [0.2, 0.25) is 0 Å². The van der Waals surface area contributed by atoms with Crippen molar-refractivity contribution < 1.29 is 0 Å². The van der Waals surface area contributed by atoms with E-state index in [4.69, 9.17) is 5.73 Å². The molecule has 0 aromatic heterocycles. The molecule has 0 aliphatic heterocycles. The summed E-state index contributed by atoms with van der Waals surface area (Å²) in [6, 6.07) is 0.835. The minimum atomic E-state index is 0.642. The molecule has 0 amide bonds. The second-order valence-corrected chi connectivity index (χ2v) is 5.51. The topological polar surface area (TPSA) is 29.3 Å². The largest absolute Gasteiger partial charge is 0.330 e. The zero-order valence-corrected chi connectivity index (χ0v) is 11.4. The first-order chi connectivity index (χ1) is 7.71. The van der Waals surface area contributed by atoms with Crippen molar-refractivity contribution in [2.75, 3.05) is 19.6 Å². The number of hydrogen-bond donors (Lipinski definition) is 1. The lowest BCUT2D eigenvalue weighted by atomic mass is 9.83. The lowest BCUT2D eigenvalue weighted by Crippen LogP contribution is -2.41. The van der Waals surface area contributed by atoms with E-state index >= 15 is 0 Å². The third kappa shape index (κ3) is 4.06. The first-order valence-electron chi connectivity index (χ1n) is 7.15. The summed E-state index contributed by atoms with van der Waals surface area (Å²) >= 11 is 0. The molecule has 0 saturated heterocycles. The molecule has 0 aromatic rings. The number of rotatable bonds is 6. The Morgan fingerprint density at radius 2 is 1.81 bits per heavy atom. The number of nitrogens with zero attached hydrogens (tertiary/aromatic N) is 1. The molecular formula is C14H30N2. The van der Waals surface area contributed by atoms with Gasteiger partial charge >= 0.3 is 0 Å². The van der Waals surface area contributed by atoms with E-state index < -0.39 is 0 Å². The highest BCUT2D eigenvalue weighted by atomic mass is 15.2. The lowest BCUT2D eigenvalue weighted by molar-refractivity contribution is 0.126. The van der Waals surface area contributed by atoms with Crippen molar-refractivity contribution in [2.45, 2.75) is 58.9 Å². The molecule has 0 bridgehead atoms. The van der Waals surface area contributed by atoms with Gasteiger partial charge in [-0.15, -0.1) is 0 Å². The van der Waals surface area contributed by atoms with Gasteiger partial charge in [0.25, 0.3) is 0 Å². The van der Waals surface area contributed by atoms with Crippen molar-refractivity contribution in [3.63, 3.8) is 0 Å². The van der Waals surface area contributed by atoms with E-state index in [-0.39, 0.29) is 0 Å². The fourth-order valence-electron chi connectivity index (χ4n) is 2.93.